The van der Waals surface area contributed by atoms with Gasteiger partial charge in [-0.15, -0.1) is 15.3 Å². The van der Waals surface area contributed by atoms with E-state index in [1.54, 1.807) is 0 Å². The third kappa shape index (κ3) is 2.02. The van der Waals surface area contributed by atoms with Crippen molar-refractivity contribution in [1.82, 2.24) is 35.1 Å². The molecule has 1 fully saturated rings. The fourth-order valence-corrected chi connectivity index (χ4v) is 2.43. The molecule has 0 spiro atoms. The van der Waals surface area contributed by atoms with Gasteiger partial charge in [0.15, 0.2) is 11.5 Å². The first-order chi connectivity index (χ1) is 10.3. The Balaban J connectivity index is 1.77. The van der Waals surface area contributed by atoms with Crippen LogP contribution >= 0.6 is 0 Å². The van der Waals surface area contributed by atoms with Gasteiger partial charge >= 0.3 is 0 Å². The van der Waals surface area contributed by atoms with Crippen LogP contribution in [0.15, 0.2) is 36.5 Å². The number of rotatable bonds is 3. The summed E-state index contributed by atoms with van der Waals surface area (Å²) in [6.07, 6.45) is 1.94. The minimum absolute atomic E-state index is 0.389. The van der Waals surface area contributed by atoms with Gasteiger partial charge in [-0.1, -0.05) is 23.4 Å². The van der Waals surface area contributed by atoms with Gasteiger partial charge < -0.3 is 5.32 Å². The minimum atomic E-state index is 0.389. The number of aromatic nitrogens is 6. The molecule has 0 saturated carbocycles. The van der Waals surface area contributed by atoms with Gasteiger partial charge in [-0.25, -0.2) is 4.68 Å². The van der Waals surface area contributed by atoms with E-state index < -0.39 is 0 Å². The molecule has 1 aliphatic rings. The third-order valence-corrected chi connectivity index (χ3v) is 3.71. The Bertz CT molecular complexity index is 755. The smallest absolute Gasteiger partial charge is 0.190 e. The van der Waals surface area contributed by atoms with Crippen LogP contribution in [0, 0.1) is 6.92 Å². The number of benzene rings is 1. The van der Waals surface area contributed by atoms with Crippen molar-refractivity contribution in [3.8, 4) is 17.2 Å². The van der Waals surface area contributed by atoms with Gasteiger partial charge in [0.2, 0.25) is 0 Å². The molecule has 106 valence electrons. The second-order valence-electron chi connectivity index (χ2n) is 5.14. The molecule has 0 radical (unpaired) electrons. The first kappa shape index (κ1) is 12.2. The largest absolute Gasteiger partial charge is 0.312 e. The quantitative estimate of drug-likeness (QED) is 0.774. The summed E-state index contributed by atoms with van der Waals surface area (Å²) in [6, 6.07) is 10.4. The summed E-state index contributed by atoms with van der Waals surface area (Å²) in [5, 5.41) is 20.1. The summed E-state index contributed by atoms with van der Waals surface area (Å²) >= 11 is 0. The Morgan fingerprint density at radius 1 is 1.10 bits per heavy atom. The number of para-hydroxylation sites is 1. The highest BCUT2D eigenvalue weighted by Gasteiger charge is 2.22. The molecule has 0 aliphatic carbocycles. The van der Waals surface area contributed by atoms with Gasteiger partial charge in [0.25, 0.3) is 0 Å². The molecular weight excluding hydrogens is 266 g/mol. The van der Waals surface area contributed by atoms with E-state index >= 15 is 0 Å². The van der Waals surface area contributed by atoms with Gasteiger partial charge in [0, 0.05) is 18.8 Å². The van der Waals surface area contributed by atoms with E-state index in [-0.39, 0.29) is 0 Å². The molecule has 3 heterocycles. The fraction of sp³-hybridized carbons (Fsp3) is 0.286. The van der Waals surface area contributed by atoms with Crippen LogP contribution in [0.1, 0.15) is 11.9 Å². The molecule has 7 nitrogen and oxygen atoms in total. The lowest BCUT2D eigenvalue weighted by Gasteiger charge is -2.26. The van der Waals surface area contributed by atoms with Crippen LogP contribution in [0.25, 0.3) is 17.2 Å². The Morgan fingerprint density at radius 2 is 1.90 bits per heavy atom. The maximum atomic E-state index is 4.26. The van der Waals surface area contributed by atoms with Crippen LogP contribution in [0.2, 0.25) is 0 Å². The number of aryl methyl sites for hydroxylation is 1. The van der Waals surface area contributed by atoms with Gasteiger partial charge in [-0.2, -0.15) is 0 Å². The van der Waals surface area contributed by atoms with E-state index in [4.69, 9.17) is 0 Å². The lowest BCUT2D eigenvalue weighted by Crippen LogP contribution is -2.43. The highest BCUT2D eigenvalue weighted by Crippen LogP contribution is 2.21. The van der Waals surface area contributed by atoms with Crippen LogP contribution < -0.4 is 5.32 Å². The lowest BCUT2D eigenvalue weighted by molar-refractivity contribution is 0.313. The second-order valence-corrected chi connectivity index (χ2v) is 5.14. The number of nitrogens with one attached hydrogen (secondary N) is 1. The molecule has 1 aliphatic heterocycles. The Labute approximate surface area is 121 Å². The first-order valence-electron chi connectivity index (χ1n) is 6.93. The highest BCUT2D eigenvalue weighted by atomic mass is 15.5. The zero-order valence-electron chi connectivity index (χ0n) is 11.6. The molecular formula is C14H15N7. The topological polar surface area (TPSA) is 73.5 Å². The molecule has 0 unspecified atom stereocenters. The highest BCUT2D eigenvalue weighted by molar-refractivity contribution is 5.52. The molecule has 0 atom stereocenters. The maximum Gasteiger partial charge on any atom is 0.190 e. The van der Waals surface area contributed by atoms with E-state index in [9.17, 15) is 0 Å². The van der Waals surface area contributed by atoms with E-state index in [1.807, 2.05) is 52.7 Å². The van der Waals surface area contributed by atoms with Crippen molar-refractivity contribution in [3.05, 3.63) is 42.4 Å². The summed E-state index contributed by atoms with van der Waals surface area (Å²) in [5.41, 5.74) is 1.77. The van der Waals surface area contributed by atoms with E-state index in [1.165, 1.54) is 0 Å². The van der Waals surface area contributed by atoms with Crippen molar-refractivity contribution in [2.75, 3.05) is 13.1 Å². The number of hydrogen-bond acceptors (Lipinski definition) is 5. The molecule has 1 aromatic carbocycles. The Hall–Kier alpha value is -2.54. The van der Waals surface area contributed by atoms with Crippen molar-refractivity contribution in [2.45, 2.75) is 13.0 Å². The number of hydrogen-bond donors (Lipinski definition) is 1. The standard InChI is InChI=1S/C14H15N7/c1-10-16-18-14(21(10)11-5-3-2-4-6-11)13-9-20(19-17-13)12-7-15-8-12/h2-6,9,12,15H,7-8H2,1H3. The summed E-state index contributed by atoms with van der Waals surface area (Å²) in [7, 11) is 0. The zero-order valence-corrected chi connectivity index (χ0v) is 11.6. The first-order valence-corrected chi connectivity index (χ1v) is 6.93. The average molecular weight is 281 g/mol. The zero-order chi connectivity index (χ0) is 14.2. The maximum absolute atomic E-state index is 4.26. The van der Waals surface area contributed by atoms with E-state index in [2.05, 4.69) is 25.8 Å². The van der Waals surface area contributed by atoms with Crippen LogP contribution in [0.4, 0.5) is 0 Å². The molecule has 0 bridgehead atoms. The Kier molecular flexibility index (Phi) is 2.78. The van der Waals surface area contributed by atoms with Gasteiger partial charge in [0.05, 0.1) is 12.2 Å². The fourth-order valence-electron chi connectivity index (χ4n) is 2.43. The summed E-state index contributed by atoms with van der Waals surface area (Å²) in [4.78, 5) is 0. The predicted molar refractivity (Wildman–Crippen MR) is 77.0 cm³/mol. The minimum Gasteiger partial charge on any atom is -0.312 e. The SMILES string of the molecule is Cc1nnc(-c2cn(C3CNC3)nn2)n1-c1ccccc1. The van der Waals surface area contributed by atoms with Gasteiger partial charge in [-0.3, -0.25) is 4.57 Å². The van der Waals surface area contributed by atoms with E-state index in [0.717, 1.165) is 36.1 Å². The molecule has 4 rings (SSSR count). The van der Waals surface area contributed by atoms with Gasteiger partial charge in [-0.05, 0) is 19.1 Å². The van der Waals surface area contributed by atoms with Crippen molar-refractivity contribution in [2.24, 2.45) is 0 Å². The monoisotopic (exact) mass is 281 g/mol. The molecule has 2 aromatic heterocycles. The molecule has 7 heteroatoms. The molecule has 3 aromatic rings. The second kappa shape index (κ2) is 4.78. The van der Waals surface area contributed by atoms with Gasteiger partial charge in [0.1, 0.15) is 5.82 Å². The van der Waals surface area contributed by atoms with Crippen molar-refractivity contribution in [3.63, 3.8) is 0 Å². The van der Waals surface area contributed by atoms with Crippen LogP contribution in [-0.4, -0.2) is 42.8 Å². The molecule has 1 N–H and O–H groups in total. The Morgan fingerprint density at radius 3 is 2.62 bits per heavy atom. The number of nitrogens with zero attached hydrogens (tertiary/aromatic N) is 6. The lowest BCUT2D eigenvalue weighted by atomic mass is 10.2. The van der Waals surface area contributed by atoms with Crippen molar-refractivity contribution >= 4 is 0 Å². The summed E-state index contributed by atoms with van der Waals surface area (Å²) in [5.74, 6) is 1.55. The average Bonchev–Trinajstić information content (AvgIpc) is 3.05. The van der Waals surface area contributed by atoms with Crippen LogP contribution in [0.5, 0.6) is 0 Å². The predicted octanol–water partition coefficient (Wildman–Crippen LogP) is 0.979. The summed E-state index contributed by atoms with van der Waals surface area (Å²) in [6.45, 7) is 3.81. The van der Waals surface area contributed by atoms with Crippen LogP contribution in [-0.2, 0) is 0 Å². The molecule has 21 heavy (non-hydrogen) atoms. The van der Waals surface area contributed by atoms with E-state index in [0.29, 0.717) is 6.04 Å². The normalized spacial score (nSPS) is 15.1. The van der Waals surface area contributed by atoms with Crippen molar-refractivity contribution < 1.29 is 0 Å². The molecule has 0 amide bonds. The van der Waals surface area contributed by atoms with Crippen molar-refractivity contribution in [1.29, 1.82) is 0 Å². The van der Waals surface area contributed by atoms with Crippen LogP contribution in [0.3, 0.4) is 0 Å². The molecule has 1 saturated heterocycles. The summed E-state index contributed by atoms with van der Waals surface area (Å²) < 4.78 is 3.89. The third-order valence-electron chi connectivity index (χ3n) is 3.71.